The summed E-state index contributed by atoms with van der Waals surface area (Å²) < 4.78 is 25.2. The van der Waals surface area contributed by atoms with Crippen molar-refractivity contribution >= 4 is 27.0 Å². The maximum Gasteiger partial charge on any atom is 0.251 e. The number of amides is 1. The van der Waals surface area contributed by atoms with E-state index in [1.165, 1.54) is 10.6 Å². The van der Waals surface area contributed by atoms with E-state index in [-0.39, 0.29) is 17.9 Å². The third kappa shape index (κ3) is 4.00. The minimum Gasteiger partial charge on any atom is -0.348 e. The van der Waals surface area contributed by atoms with Crippen LogP contribution in [0.1, 0.15) is 10.4 Å². The first-order chi connectivity index (χ1) is 11.7. The molecule has 1 saturated heterocycles. The van der Waals surface area contributed by atoms with Gasteiger partial charge in [-0.1, -0.05) is 0 Å². The molecule has 0 saturated carbocycles. The van der Waals surface area contributed by atoms with Crippen LogP contribution in [-0.4, -0.2) is 79.5 Å². The monoisotopic (exact) mass is 365 g/mol. The Morgan fingerprint density at radius 2 is 2.16 bits per heavy atom. The molecule has 0 unspecified atom stereocenters. The molecule has 2 aromatic rings. The van der Waals surface area contributed by atoms with Gasteiger partial charge in [-0.05, 0) is 32.3 Å². The number of imidazole rings is 1. The van der Waals surface area contributed by atoms with Crippen LogP contribution in [0, 0.1) is 5.92 Å². The van der Waals surface area contributed by atoms with Gasteiger partial charge in [0.1, 0.15) is 0 Å². The summed E-state index contributed by atoms with van der Waals surface area (Å²) in [7, 11) is 0.602. The molecule has 1 fully saturated rings. The number of aromatic amines is 1. The van der Waals surface area contributed by atoms with Gasteiger partial charge in [0, 0.05) is 37.2 Å². The Bertz CT molecular complexity index is 877. The second-order valence-electron chi connectivity index (χ2n) is 6.82. The largest absolute Gasteiger partial charge is 0.348 e. The topological polar surface area (TPSA) is 98.4 Å². The smallest absolute Gasteiger partial charge is 0.251 e. The van der Waals surface area contributed by atoms with E-state index >= 15 is 0 Å². The van der Waals surface area contributed by atoms with E-state index in [0.29, 0.717) is 25.2 Å². The lowest BCUT2D eigenvalue weighted by atomic mass is 10.0. The zero-order valence-corrected chi connectivity index (χ0v) is 15.4. The molecule has 1 aliphatic rings. The molecule has 8 nitrogen and oxygen atoms in total. The number of sulfonamides is 1. The summed E-state index contributed by atoms with van der Waals surface area (Å²) in [6, 6.07) is 5.04. The fourth-order valence-corrected chi connectivity index (χ4v) is 4.14. The van der Waals surface area contributed by atoms with Gasteiger partial charge in [-0.25, -0.2) is 13.4 Å². The van der Waals surface area contributed by atoms with Gasteiger partial charge >= 0.3 is 0 Å². The Labute approximate surface area is 147 Å². The first kappa shape index (κ1) is 17.8. The molecule has 2 N–H and O–H groups in total. The Morgan fingerprint density at radius 3 is 2.84 bits per heavy atom. The Morgan fingerprint density at radius 1 is 1.40 bits per heavy atom. The normalized spacial score (nSPS) is 21.9. The predicted octanol–water partition coefficient (Wildman–Crippen LogP) is 0.114. The van der Waals surface area contributed by atoms with Crippen LogP contribution in [0.5, 0.6) is 0 Å². The van der Waals surface area contributed by atoms with Crippen LogP contribution >= 0.6 is 0 Å². The highest BCUT2D eigenvalue weighted by Gasteiger charge is 2.38. The third-order valence-corrected chi connectivity index (χ3v) is 5.71. The van der Waals surface area contributed by atoms with E-state index in [0.717, 1.165) is 11.0 Å². The first-order valence-electron chi connectivity index (χ1n) is 8.08. The van der Waals surface area contributed by atoms with Crippen LogP contribution in [-0.2, 0) is 10.0 Å². The number of H-pyrrole nitrogens is 1. The SMILES string of the molecule is CN(C)C[C@@H]1CN(S(C)(=O)=O)C[C@H]1NC(=O)c1ccc2nc[nH]c2c1. The standard InChI is InChI=1S/C16H23N5O3S/c1-20(2)7-12-8-21(25(3,23)24)9-15(12)19-16(22)11-4-5-13-14(6-11)18-10-17-13/h4-6,10,12,15H,7-9H2,1-3H3,(H,17,18)(H,19,22)/t12-,15-/m1/s1. The maximum atomic E-state index is 12.6. The van der Waals surface area contributed by atoms with Gasteiger partial charge in [-0.3, -0.25) is 4.79 Å². The highest BCUT2D eigenvalue weighted by Crippen LogP contribution is 2.21. The van der Waals surface area contributed by atoms with E-state index < -0.39 is 10.0 Å². The van der Waals surface area contributed by atoms with Gasteiger partial charge in [-0.2, -0.15) is 4.31 Å². The lowest BCUT2D eigenvalue weighted by Crippen LogP contribution is -2.43. The summed E-state index contributed by atoms with van der Waals surface area (Å²) in [5.74, 6) is -0.162. The van der Waals surface area contributed by atoms with Gasteiger partial charge in [0.15, 0.2) is 0 Å². The summed E-state index contributed by atoms with van der Waals surface area (Å²) in [5, 5.41) is 3.00. The summed E-state index contributed by atoms with van der Waals surface area (Å²) >= 11 is 0. The number of nitrogens with zero attached hydrogens (tertiary/aromatic N) is 3. The van der Waals surface area contributed by atoms with Crippen molar-refractivity contribution in [2.24, 2.45) is 5.92 Å². The molecule has 1 amide bonds. The van der Waals surface area contributed by atoms with Gasteiger partial charge in [0.2, 0.25) is 10.0 Å². The average molecular weight is 365 g/mol. The van der Waals surface area contributed by atoms with Gasteiger partial charge in [0.05, 0.1) is 23.6 Å². The lowest BCUT2D eigenvalue weighted by molar-refractivity contribution is 0.0927. The zero-order valence-electron chi connectivity index (χ0n) is 14.6. The molecule has 2 heterocycles. The number of benzene rings is 1. The summed E-state index contributed by atoms with van der Waals surface area (Å²) in [6.07, 6.45) is 2.79. The minimum absolute atomic E-state index is 0.0459. The number of carbonyl (C=O) groups excluding carboxylic acids is 1. The molecule has 3 rings (SSSR count). The van der Waals surface area contributed by atoms with Crippen molar-refractivity contribution in [3.8, 4) is 0 Å². The first-order valence-corrected chi connectivity index (χ1v) is 9.92. The number of nitrogens with one attached hydrogen (secondary N) is 2. The lowest BCUT2D eigenvalue weighted by Gasteiger charge is -2.22. The van der Waals surface area contributed by atoms with Crippen LogP contribution < -0.4 is 5.32 Å². The number of aromatic nitrogens is 2. The van der Waals surface area contributed by atoms with E-state index in [1.807, 2.05) is 19.0 Å². The fraction of sp³-hybridized carbons (Fsp3) is 0.500. The second-order valence-corrected chi connectivity index (χ2v) is 8.80. The van der Waals surface area contributed by atoms with Crippen molar-refractivity contribution < 1.29 is 13.2 Å². The molecule has 9 heteroatoms. The maximum absolute atomic E-state index is 12.6. The van der Waals surface area contributed by atoms with Crippen molar-refractivity contribution in [3.63, 3.8) is 0 Å². The molecule has 1 aromatic heterocycles. The van der Waals surface area contributed by atoms with Crippen molar-refractivity contribution in [1.82, 2.24) is 24.5 Å². The molecular formula is C16H23N5O3S. The van der Waals surface area contributed by atoms with Crippen LogP contribution in [0.15, 0.2) is 24.5 Å². The fourth-order valence-electron chi connectivity index (χ4n) is 3.25. The molecule has 1 aromatic carbocycles. The van der Waals surface area contributed by atoms with E-state index in [2.05, 4.69) is 15.3 Å². The van der Waals surface area contributed by atoms with Crippen LogP contribution in [0.4, 0.5) is 0 Å². The number of hydrogen-bond acceptors (Lipinski definition) is 5. The average Bonchev–Trinajstić information content (AvgIpc) is 3.12. The van der Waals surface area contributed by atoms with Gasteiger partial charge in [0.25, 0.3) is 5.91 Å². The molecule has 1 aliphatic heterocycles. The Kier molecular flexibility index (Phi) is 4.81. The summed E-state index contributed by atoms with van der Waals surface area (Å²) in [5.41, 5.74) is 2.12. The van der Waals surface area contributed by atoms with Crippen molar-refractivity contribution in [2.75, 3.05) is 40.0 Å². The number of fused-ring (bicyclic) bond motifs is 1. The van der Waals surface area contributed by atoms with E-state index in [4.69, 9.17) is 0 Å². The van der Waals surface area contributed by atoms with Crippen molar-refractivity contribution in [1.29, 1.82) is 0 Å². The molecule has 0 spiro atoms. The quantitative estimate of drug-likeness (QED) is 0.784. The molecular weight excluding hydrogens is 342 g/mol. The van der Waals surface area contributed by atoms with Crippen LogP contribution in [0.25, 0.3) is 11.0 Å². The third-order valence-electron chi connectivity index (χ3n) is 4.48. The Hall–Kier alpha value is -1.97. The van der Waals surface area contributed by atoms with Crippen LogP contribution in [0.3, 0.4) is 0 Å². The number of carbonyl (C=O) groups is 1. The van der Waals surface area contributed by atoms with Gasteiger partial charge < -0.3 is 15.2 Å². The molecule has 0 radical (unpaired) electrons. The van der Waals surface area contributed by atoms with E-state index in [1.54, 1.807) is 24.5 Å². The molecule has 0 aliphatic carbocycles. The molecule has 25 heavy (non-hydrogen) atoms. The summed E-state index contributed by atoms with van der Waals surface area (Å²) in [4.78, 5) is 21.8. The molecule has 136 valence electrons. The highest BCUT2D eigenvalue weighted by molar-refractivity contribution is 7.88. The van der Waals surface area contributed by atoms with Crippen molar-refractivity contribution in [3.05, 3.63) is 30.1 Å². The van der Waals surface area contributed by atoms with Crippen molar-refractivity contribution in [2.45, 2.75) is 6.04 Å². The molecule has 2 atom stereocenters. The summed E-state index contributed by atoms with van der Waals surface area (Å²) in [6.45, 7) is 1.42. The number of rotatable bonds is 5. The minimum atomic E-state index is -3.28. The predicted molar refractivity (Wildman–Crippen MR) is 95.8 cm³/mol. The highest BCUT2D eigenvalue weighted by atomic mass is 32.2. The van der Waals surface area contributed by atoms with E-state index in [9.17, 15) is 13.2 Å². The number of hydrogen-bond donors (Lipinski definition) is 2. The zero-order chi connectivity index (χ0) is 18.2. The molecule has 0 bridgehead atoms. The van der Waals surface area contributed by atoms with Crippen LogP contribution in [0.2, 0.25) is 0 Å². The Balaban J connectivity index is 1.77. The second kappa shape index (κ2) is 6.74. The van der Waals surface area contributed by atoms with Gasteiger partial charge in [-0.15, -0.1) is 0 Å².